The summed E-state index contributed by atoms with van der Waals surface area (Å²) in [5, 5.41) is 9.62. The van der Waals surface area contributed by atoms with Crippen LogP contribution in [0.4, 0.5) is 0 Å². The summed E-state index contributed by atoms with van der Waals surface area (Å²) >= 11 is 3.29. The van der Waals surface area contributed by atoms with Crippen LogP contribution in [-0.4, -0.2) is 18.5 Å². The lowest BCUT2D eigenvalue weighted by molar-refractivity contribution is -0.109. The van der Waals surface area contributed by atoms with Crippen LogP contribution in [-0.2, 0) is 4.79 Å². The van der Waals surface area contributed by atoms with Gasteiger partial charge in [0.05, 0.1) is 13.2 Å². The zero-order valence-corrected chi connectivity index (χ0v) is 9.32. The van der Waals surface area contributed by atoms with Crippen molar-refractivity contribution in [1.29, 1.82) is 0 Å². The normalized spacial score (nSPS) is 12.2. The van der Waals surface area contributed by atoms with Gasteiger partial charge in [-0.15, -0.1) is 0 Å². The molecule has 1 N–H and O–H groups in total. The second-order valence-electron chi connectivity index (χ2n) is 2.80. The number of carbonyl (C=O) groups is 1. The molecule has 0 heterocycles. The zero-order valence-electron chi connectivity index (χ0n) is 7.74. The van der Waals surface area contributed by atoms with Crippen molar-refractivity contribution in [3.8, 4) is 5.75 Å². The Labute approximate surface area is 90.8 Å². The van der Waals surface area contributed by atoms with Crippen molar-refractivity contribution in [3.05, 3.63) is 28.2 Å². The van der Waals surface area contributed by atoms with Crippen molar-refractivity contribution in [1.82, 2.24) is 0 Å². The van der Waals surface area contributed by atoms with Gasteiger partial charge in [0.15, 0.2) is 0 Å². The topological polar surface area (TPSA) is 46.5 Å². The highest BCUT2D eigenvalue weighted by atomic mass is 79.9. The van der Waals surface area contributed by atoms with E-state index in [9.17, 15) is 9.90 Å². The summed E-state index contributed by atoms with van der Waals surface area (Å²) in [4.78, 5) is 10.3. The number of aliphatic hydroxyl groups is 1. The maximum atomic E-state index is 10.3. The molecule has 4 heteroatoms. The summed E-state index contributed by atoms with van der Waals surface area (Å²) in [5.74, 6) is 0.586. The highest BCUT2D eigenvalue weighted by molar-refractivity contribution is 9.10. The maximum Gasteiger partial charge on any atom is 0.124 e. The third kappa shape index (κ3) is 2.56. The molecule has 0 spiro atoms. The van der Waals surface area contributed by atoms with Crippen LogP contribution in [0.3, 0.4) is 0 Å². The Bertz CT molecular complexity index is 325. The van der Waals surface area contributed by atoms with Crippen LogP contribution in [0, 0.1) is 0 Å². The molecule has 1 atom stereocenters. The van der Waals surface area contributed by atoms with E-state index in [0.29, 0.717) is 17.6 Å². The monoisotopic (exact) mass is 258 g/mol. The SMILES string of the molecule is COc1ccc(Br)cc1C(O)CC=O. The van der Waals surface area contributed by atoms with Gasteiger partial charge in [0, 0.05) is 16.5 Å². The van der Waals surface area contributed by atoms with Crippen LogP contribution >= 0.6 is 15.9 Å². The summed E-state index contributed by atoms with van der Waals surface area (Å²) in [6.45, 7) is 0. The van der Waals surface area contributed by atoms with E-state index in [4.69, 9.17) is 4.74 Å². The number of aldehydes is 1. The number of halogens is 1. The second-order valence-corrected chi connectivity index (χ2v) is 3.72. The standard InChI is InChI=1S/C10H11BrO3/c1-14-10-3-2-7(11)6-8(10)9(13)4-5-12/h2-3,5-6,9,13H,4H2,1H3. The zero-order chi connectivity index (χ0) is 10.6. The lowest BCUT2D eigenvalue weighted by Crippen LogP contribution is -2.01. The molecular formula is C10H11BrO3. The van der Waals surface area contributed by atoms with E-state index in [1.165, 1.54) is 7.11 Å². The minimum absolute atomic E-state index is 0.0762. The van der Waals surface area contributed by atoms with Gasteiger partial charge in [-0.2, -0.15) is 0 Å². The van der Waals surface area contributed by atoms with Crippen LogP contribution in [0.2, 0.25) is 0 Å². The number of hydrogen-bond acceptors (Lipinski definition) is 3. The predicted octanol–water partition coefficient (Wildman–Crippen LogP) is 2.08. The average molecular weight is 259 g/mol. The lowest BCUT2D eigenvalue weighted by atomic mass is 10.1. The summed E-state index contributed by atoms with van der Waals surface area (Å²) < 4.78 is 5.92. The first-order valence-corrected chi connectivity index (χ1v) is 4.93. The third-order valence-corrected chi connectivity index (χ3v) is 2.36. The number of rotatable bonds is 4. The number of benzene rings is 1. The van der Waals surface area contributed by atoms with E-state index < -0.39 is 6.10 Å². The van der Waals surface area contributed by atoms with Gasteiger partial charge in [-0.05, 0) is 18.2 Å². The van der Waals surface area contributed by atoms with E-state index in [0.717, 1.165) is 4.47 Å². The fourth-order valence-electron chi connectivity index (χ4n) is 1.18. The van der Waals surface area contributed by atoms with Crippen LogP contribution < -0.4 is 4.74 Å². The highest BCUT2D eigenvalue weighted by Crippen LogP contribution is 2.29. The molecule has 0 saturated carbocycles. The Morgan fingerprint density at radius 1 is 1.64 bits per heavy atom. The smallest absolute Gasteiger partial charge is 0.124 e. The van der Waals surface area contributed by atoms with Crippen LogP contribution in [0.15, 0.2) is 22.7 Å². The van der Waals surface area contributed by atoms with Crippen molar-refractivity contribution < 1.29 is 14.6 Å². The molecule has 3 nitrogen and oxygen atoms in total. The molecule has 0 fully saturated rings. The molecule has 1 aromatic rings. The maximum absolute atomic E-state index is 10.3. The molecule has 1 rings (SSSR count). The molecule has 0 bridgehead atoms. The fourth-order valence-corrected chi connectivity index (χ4v) is 1.56. The molecule has 0 aliphatic carbocycles. The van der Waals surface area contributed by atoms with Gasteiger partial charge in [0.2, 0.25) is 0 Å². The molecular weight excluding hydrogens is 248 g/mol. The van der Waals surface area contributed by atoms with E-state index in [1.807, 2.05) is 6.07 Å². The Kier molecular flexibility index (Phi) is 4.10. The molecule has 1 aromatic carbocycles. The van der Waals surface area contributed by atoms with Gasteiger partial charge in [0.25, 0.3) is 0 Å². The number of hydrogen-bond donors (Lipinski definition) is 1. The first-order valence-electron chi connectivity index (χ1n) is 4.14. The average Bonchev–Trinajstić information content (AvgIpc) is 2.18. The first-order chi connectivity index (χ1) is 6.69. The molecule has 14 heavy (non-hydrogen) atoms. The van der Waals surface area contributed by atoms with Crippen molar-refractivity contribution in [2.75, 3.05) is 7.11 Å². The van der Waals surface area contributed by atoms with Crippen molar-refractivity contribution >= 4 is 22.2 Å². The number of aliphatic hydroxyl groups excluding tert-OH is 1. The highest BCUT2D eigenvalue weighted by Gasteiger charge is 2.12. The summed E-state index contributed by atoms with van der Waals surface area (Å²) in [5.41, 5.74) is 0.619. The Morgan fingerprint density at radius 2 is 2.36 bits per heavy atom. The summed E-state index contributed by atoms with van der Waals surface area (Å²) in [6, 6.07) is 5.30. The Hall–Kier alpha value is -0.870. The van der Waals surface area contributed by atoms with Gasteiger partial charge in [-0.25, -0.2) is 0 Å². The van der Waals surface area contributed by atoms with E-state index in [2.05, 4.69) is 15.9 Å². The largest absolute Gasteiger partial charge is 0.496 e. The van der Waals surface area contributed by atoms with E-state index in [1.54, 1.807) is 12.1 Å². The molecule has 0 aliphatic heterocycles. The van der Waals surface area contributed by atoms with Crippen molar-refractivity contribution in [2.24, 2.45) is 0 Å². The van der Waals surface area contributed by atoms with Crippen LogP contribution in [0.5, 0.6) is 5.75 Å². The van der Waals surface area contributed by atoms with Crippen LogP contribution in [0.1, 0.15) is 18.1 Å². The number of ether oxygens (including phenoxy) is 1. The molecule has 0 radical (unpaired) electrons. The Balaban J connectivity index is 3.02. The van der Waals surface area contributed by atoms with Gasteiger partial charge in [-0.3, -0.25) is 0 Å². The number of carbonyl (C=O) groups excluding carboxylic acids is 1. The van der Waals surface area contributed by atoms with Crippen molar-refractivity contribution in [2.45, 2.75) is 12.5 Å². The number of methoxy groups -OCH3 is 1. The molecule has 0 saturated heterocycles. The molecule has 76 valence electrons. The fraction of sp³-hybridized carbons (Fsp3) is 0.300. The minimum atomic E-state index is -0.806. The third-order valence-electron chi connectivity index (χ3n) is 1.87. The molecule has 0 aliphatic rings. The quantitative estimate of drug-likeness (QED) is 0.842. The summed E-state index contributed by atoms with van der Waals surface area (Å²) in [7, 11) is 1.53. The summed E-state index contributed by atoms with van der Waals surface area (Å²) in [6.07, 6.45) is -0.0439. The predicted molar refractivity (Wildman–Crippen MR) is 56.3 cm³/mol. The Morgan fingerprint density at radius 3 is 2.93 bits per heavy atom. The first kappa shape index (κ1) is 11.2. The molecule has 0 aromatic heterocycles. The van der Waals surface area contributed by atoms with Crippen molar-refractivity contribution in [3.63, 3.8) is 0 Å². The van der Waals surface area contributed by atoms with Gasteiger partial charge >= 0.3 is 0 Å². The van der Waals surface area contributed by atoms with E-state index in [-0.39, 0.29) is 6.42 Å². The van der Waals surface area contributed by atoms with Crippen LogP contribution in [0.25, 0.3) is 0 Å². The molecule has 1 unspecified atom stereocenters. The van der Waals surface area contributed by atoms with E-state index >= 15 is 0 Å². The minimum Gasteiger partial charge on any atom is -0.496 e. The van der Waals surface area contributed by atoms with Gasteiger partial charge < -0.3 is 14.6 Å². The second kappa shape index (κ2) is 5.12. The molecule has 0 amide bonds. The van der Waals surface area contributed by atoms with Gasteiger partial charge in [-0.1, -0.05) is 15.9 Å². The van der Waals surface area contributed by atoms with Gasteiger partial charge in [0.1, 0.15) is 12.0 Å². The lowest BCUT2D eigenvalue weighted by Gasteiger charge is -2.12.